The van der Waals surface area contributed by atoms with Crippen molar-refractivity contribution in [1.29, 1.82) is 0 Å². The second-order valence-corrected chi connectivity index (χ2v) is 5.00. The van der Waals surface area contributed by atoms with E-state index in [1.807, 2.05) is 18.8 Å². The summed E-state index contributed by atoms with van der Waals surface area (Å²) in [7, 11) is 3.80. The molecule has 0 heterocycles. The Morgan fingerprint density at radius 1 is 1.38 bits per heavy atom. The van der Waals surface area contributed by atoms with Crippen LogP contribution in [0.3, 0.4) is 0 Å². The third-order valence-electron chi connectivity index (χ3n) is 3.39. The SMILES string of the molecule is CNC1CCc2c(SC)ccc(OC)c2C1. The Morgan fingerprint density at radius 2 is 2.19 bits per heavy atom. The molecular weight excluding hydrogens is 218 g/mol. The van der Waals surface area contributed by atoms with Crippen LogP contribution in [0.2, 0.25) is 0 Å². The Bertz CT molecular complexity index is 378. The normalized spacial score (nSPS) is 19.3. The van der Waals surface area contributed by atoms with Gasteiger partial charge in [-0.25, -0.2) is 0 Å². The monoisotopic (exact) mass is 237 g/mol. The maximum absolute atomic E-state index is 5.47. The Balaban J connectivity index is 2.42. The van der Waals surface area contributed by atoms with Gasteiger partial charge in [-0.3, -0.25) is 0 Å². The summed E-state index contributed by atoms with van der Waals surface area (Å²) in [4.78, 5) is 1.41. The van der Waals surface area contributed by atoms with E-state index in [1.165, 1.54) is 22.4 Å². The van der Waals surface area contributed by atoms with Crippen molar-refractivity contribution in [3.05, 3.63) is 23.3 Å². The largest absolute Gasteiger partial charge is 0.496 e. The summed E-state index contributed by atoms with van der Waals surface area (Å²) in [6, 6.07) is 4.88. The van der Waals surface area contributed by atoms with E-state index in [4.69, 9.17) is 4.74 Å². The Kier molecular flexibility index (Phi) is 3.77. The Morgan fingerprint density at radius 3 is 2.81 bits per heavy atom. The van der Waals surface area contributed by atoms with Gasteiger partial charge >= 0.3 is 0 Å². The first-order valence-electron chi connectivity index (χ1n) is 5.70. The van der Waals surface area contributed by atoms with Crippen LogP contribution in [0.15, 0.2) is 17.0 Å². The smallest absolute Gasteiger partial charge is 0.122 e. The fourth-order valence-corrected chi connectivity index (χ4v) is 3.12. The van der Waals surface area contributed by atoms with E-state index in [2.05, 4.69) is 23.7 Å². The summed E-state index contributed by atoms with van der Waals surface area (Å²) in [6.07, 6.45) is 5.62. The van der Waals surface area contributed by atoms with Gasteiger partial charge in [0.25, 0.3) is 0 Å². The van der Waals surface area contributed by atoms with Crippen molar-refractivity contribution in [2.45, 2.75) is 30.2 Å². The van der Waals surface area contributed by atoms with Crippen LogP contribution in [-0.2, 0) is 12.8 Å². The van der Waals surface area contributed by atoms with Crippen LogP contribution in [0.1, 0.15) is 17.5 Å². The van der Waals surface area contributed by atoms with Crippen molar-refractivity contribution in [1.82, 2.24) is 5.32 Å². The second-order valence-electron chi connectivity index (χ2n) is 4.16. The molecule has 1 N–H and O–H groups in total. The maximum Gasteiger partial charge on any atom is 0.122 e. The fourth-order valence-electron chi connectivity index (χ4n) is 2.44. The summed E-state index contributed by atoms with van der Waals surface area (Å²) in [5.74, 6) is 1.05. The minimum atomic E-state index is 0.596. The molecule has 0 radical (unpaired) electrons. The van der Waals surface area contributed by atoms with Crippen LogP contribution >= 0.6 is 11.8 Å². The molecule has 2 nitrogen and oxygen atoms in total. The highest BCUT2D eigenvalue weighted by Gasteiger charge is 2.22. The Labute approximate surface area is 102 Å². The van der Waals surface area contributed by atoms with Crippen molar-refractivity contribution in [2.75, 3.05) is 20.4 Å². The molecule has 1 unspecified atom stereocenters. The molecule has 0 saturated carbocycles. The number of methoxy groups -OCH3 is 1. The Hall–Kier alpha value is -0.670. The lowest BCUT2D eigenvalue weighted by Gasteiger charge is -2.27. The first-order valence-corrected chi connectivity index (χ1v) is 6.92. The number of rotatable bonds is 3. The van der Waals surface area contributed by atoms with Crippen LogP contribution in [0.25, 0.3) is 0 Å². The number of nitrogens with one attached hydrogen (secondary N) is 1. The van der Waals surface area contributed by atoms with E-state index in [0.717, 1.165) is 18.6 Å². The minimum absolute atomic E-state index is 0.596. The number of fused-ring (bicyclic) bond motifs is 1. The van der Waals surface area contributed by atoms with Gasteiger partial charge in [-0.2, -0.15) is 0 Å². The fraction of sp³-hybridized carbons (Fsp3) is 0.538. The highest BCUT2D eigenvalue weighted by atomic mass is 32.2. The van der Waals surface area contributed by atoms with Gasteiger partial charge in [-0.1, -0.05) is 0 Å². The van der Waals surface area contributed by atoms with Gasteiger partial charge in [0.2, 0.25) is 0 Å². The third kappa shape index (κ3) is 2.06. The van der Waals surface area contributed by atoms with Crippen LogP contribution in [0.4, 0.5) is 0 Å². The summed E-state index contributed by atoms with van der Waals surface area (Å²) < 4.78 is 5.47. The van der Waals surface area contributed by atoms with Gasteiger partial charge in [-0.15, -0.1) is 11.8 Å². The number of benzene rings is 1. The van der Waals surface area contributed by atoms with Gasteiger partial charge in [0.05, 0.1) is 7.11 Å². The first kappa shape index (κ1) is 11.8. The van der Waals surface area contributed by atoms with Crippen molar-refractivity contribution in [3.8, 4) is 5.75 Å². The molecule has 1 aliphatic carbocycles. The van der Waals surface area contributed by atoms with Crippen LogP contribution in [0.5, 0.6) is 5.75 Å². The molecule has 0 bridgehead atoms. The molecule has 0 spiro atoms. The number of thioether (sulfide) groups is 1. The standard InChI is InChI=1S/C13H19NOS/c1-14-9-4-5-10-11(8-9)12(15-2)6-7-13(10)16-3/h6-7,9,14H,4-5,8H2,1-3H3. The van der Waals surface area contributed by atoms with E-state index in [9.17, 15) is 0 Å². The lowest BCUT2D eigenvalue weighted by atomic mass is 9.87. The predicted molar refractivity (Wildman–Crippen MR) is 69.6 cm³/mol. The summed E-state index contributed by atoms with van der Waals surface area (Å²) in [5.41, 5.74) is 2.90. The van der Waals surface area contributed by atoms with E-state index in [-0.39, 0.29) is 0 Å². The molecule has 16 heavy (non-hydrogen) atoms. The lowest BCUT2D eigenvalue weighted by molar-refractivity contribution is 0.397. The molecule has 1 aliphatic rings. The molecule has 1 atom stereocenters. The zero-order chi connectivity index (χ0) is 11.5. The highest BCUT2D eigenvalue weighted by molar-refractivity contribution is 7.98. The second kappa shape index (κ2) is 5.11. The van der Waals surface area contributed by atoms with Crippen LogP contribution < -0.4 is 10.1 Å². The topological polar surface area (TPSA) is 21.3 Å². The molecule has 2 rings (SSSR count). The van der Waals surface area contributed by atoms with E-state index < -0.39 is 0 Å². The van der Waals surface area contributed by atoms with Gasteiger partial charge in [0.1, 0.15) is 5.75 Å². The average Bonchev–Trinajstić information content (AvgIpc) is 2.36. The van der Waals surface area contributed by atoms with Crippen LogP contribution in [-0.4, -0.2) is 26.5 Å². The zero-order valence-corrected chi connectivity index (χ0v) is 11.0. The average molecular weight is 237 g/mol. The lowest BCUT2D eigenvalue weighted by Crippen LogP contribution is -2.32. The minimum Gasteiger partial charge on any atom is -0.496 e. The quantitative estimate of drug-likeness (QED) is 0.816. The van der Waals surface area contributed by atoms with Gasteiger partial charge in [0.15, 0.2) is 0 Å². The zero-order valence-electron chi connectivity index (χ0n) is 10.2. The molecule has 0 aromatic heterocycles. The molecule has 1 aromatic rings. The molecule has 1 aromatic carbocycles. The summed E-state index contributed by atoms with van der Waals surface area (Å²) in [5, 5.41) is 3.37. The predicted octanol–water partition coefficient (Wildman–Crippen LogP) is 2.49. The molecule has 0 saturated heterocycles. The highest BCUT2D eigenvalue weighted by Crippen LogP contribution is 2.35. The van der Waals surface area contributed by atoms with Crippen molar-refractivity contribution in [2.24, 2.45) is 0 Å². The number of hydrogen-bond donors (Lipinski definition) is 1. The maximum atomic E-state index is 5.47. The van der Waals surface area contributed by atoms with Crippen LogP contribution in [0, 0.1) is 0 Å². The van der Waals surface area contributed by atoms with Crippen molar-refractivity contribution in [3.63, 3.8) is 0 Å². The van der Waals surface area contributed by atoms with Gasteiger partial charge in [-0.05, 0) is 55.8 Å². The molecular formula is C13H19NOS. The van der Waals surface area contributed by atoms with Crippen molar-refractivity contribution < 1.29 is 4.74 Å². The van der Waals surface area contributed by atoms with E-state index in [1.54, 1.807) is 7.11 Å². The summed E-state index contributed by atoms with van der Waals surface area (Å²) in [6.45, 7) is 0. The van der Waals surface area contributed by atoms with Crippen molar-refractivity contribution >= 4 is 11.8 Å². The number of ether oxygens (including phenoxy) is 1. The van der Waals surface area contributed by atoms with Gasteiger partial charge in [0, 0.05) is 10.9 Å². The molecule has 0 amide bonds. The molecule has 0 aliphatic heterocycles. The molecule has 3 heteroatoms. The summed E-state index contributed by atoms with van der Waals surface area (Å²) >= 11 is 1.84. The third-order valence-corrected chi connectivity index (χ3v) is 4.21. The van der Waals surface area contributed by atoms with E-state index >= 15 is 0 Å². The molecule has 0 fully saturated rings. The van der Waals surface area contributed by atoms with Gasteiger partial charge < -0.3 is 10.1 Å². The number of hydrogen-bond acceptors (Lipinski definition) is 3. The number of likely N-dealkylation sites (N-methyl/N-ethyl adjacent to an activating group) is 1. The van der Waals surface area contributed by atoms with E-state index in [0.29, 0.717) is 6.04 Å². The first-order chi connectivity index (χ1) is 7.80. The molecule has 88 valence electrons.